The van der Waals surface area contributed by atoms with Gasteiger partial charge in [-0.2, -0.15) is 0 Å². The predicted molar refractivity (Wildman–Crippen MR) is 52.6 cm³/mol. The van der Waals surface area contributed by atoms with E-state index in [0.29, 0.717) is 12.2 Å². The summed E-state index contributed by atoms with van der Waals surface area (Å²) >= 11 is 0. The van der Waals surface area contributed by atoms with Gasteiger partial charge in [-0.25, -0.2) is 0 Å². The van der Waals surface area contributed by atoms with Gasteiger partial charge in [0.15, 0.2) is 0 Å². The Morgan fingerprint density at radius 3 is 2.80 bits per heavy atom. The molecule has 1 aliphatic rings. The lowest BCUT2D eigenvalue weighted by molar-refractivity contribution is -0.201. The van der Waals surface area contributed by atoms with Crippen LogP contribution in [-0.4, -0.2) is 24.1 Å². The number of allylic oxidation sites excluding steroid dienone is 1. The van der Waals surface area contributed by atoms with Gasteiger partial charge in [0.2, 0.25) is 5.78 Å². The van der Waals surface area contributed by atoms with Gasteiger partial charge in [0, 0.05) is 26.0 Å². The van der Waals surface area contributed by atoms with Gasteiger partial charge < -0.3 is 15.2 Å². The van der Waals surface area contributed by atoms with Gasteiger partial charge in [-0.15, -0.1) is 0 Å². The molecule has 0 radical (unpaired) electrons. The summed E-state index contributed by atoms with van der Waals surface area (Å²) in [6, 6.07) is 0. The molecule has 5 nitrogen and oxygen atoms in total. The summed E-state index contributed by atoms with van der Waals surface area (Å²) in [5, 5.41) is 0. The monoisotopic (exact) mass is 213 g/mol. The molecule has 0 aromatic rings. The predicted octanol–water partition coefficient (Wildman–Crippen LogP) is 0.488. The fourth-order valence-corrected chi connectivity index (χ4v) is 1.24. The highest BCUT2D eigenvalue weighted by atomic mass is 16.7. The van der Waals surface area contributed by atoms with Crippen molar-refractivity contribution in [2.24, 2.45) is 5.73 Å². The van der Waals surface area contributed by atoms with Crippen LogP contribution in [0.2, 0.25) is 0 Å². The first-order valence-electron chi connectivity index (χ1n) is 4.87. The molecule has 2 N–H and O–H groups in total. The molecule has 0 aliphatic carbocycles. The molecule has 0 bridgehead atoms. The second-order valence-corrected chi connectivity index (χ2v) is 3.39. The number of carbonyl (C=O) groups excluding carboxylic acids is 2. The summed E-state index contributed by atoms with van der Waals surface area (Å²) in [5.74, 6) is -1.83. The van der Waals surface area contributed by atoms with Crippen LogP contribution in [0, 0.1) is 0 Å². The molecule has 0 aromatic heterocycles. The maximum atomic E-state index is 11.5. The molecule has 0 amide bonds. The number of hydrogen-bond donors (Lipinski definition) is 1. The molecule has 0 saturated carbocycles. The van der Waals surface area contributed by atoms with Gasteiger partial charge in [0.05, 0.1) is 6.42 Å². The first kappa shape index (κ1) is 11.7. The summed E-state index contributed by atoms with van der Waals surface area (Å²) in [6.07, 6.45) is 2.03. The molecule has 0 aromatic carbocycles. The van der Waals surface area contributed by atoms with E-state index in [2.05, 4.69) is 0 Å². The van der Waals surface area contributed by atoms with Crippen LogP contribution in [0.25, 0.3) is 0 Å². The van der Waals surface area contributed by atoms with Crippen molar-refractivity contribution in [2.75, 3.05) is 6.54 Å². The van der Waals surface area contributed by atoms with Crippen LogP contribution < -0.4 is 5.73 Å². The second kappa shape index (κ2) is 4.44. The zero-order chi connectivity index (χ0) is 11.5. The molecule has 15 heavy (non-hydrogen) atoms. The molecule has 0 spiro atoms. The Kier molecular flexibility index (Phi) is 3.47. The lowest BCUT2D eigenvalue weighted by atomic mass is 10.2. The van der Waals surface area contributed by atoms with Crippen molar-refractivity contribution in [3.05, 3.63) is 11.8 Å². The molecule has 1 atom stereocenters. The van der Waals surface area contributed by atoms with E-state index in [0.717, 1.165) is 0 Å². The SMILES string of the molecule is CCC1=CC(=O)C(C)(OC(=O)CCN)O1. The van der Waals surface area contributed by atoms with E-state index in [4.69, 9.17) is 15.2 Å². The van der Waals surface area contributed by atoms with Crippen LogP contribution >= 0.6 is 0 Å². The smallest absolute Gasteiger partial charge is 0.314 e. The van der Waals surface area contributed by atoms with Crippen LogP contribution in [0.5, 0.6) is 0 Å². The second-order valence-electron chi connectivity index (χ2n) is 3.39. The summed E-state index contributed by atoms with van der Waals surface area (Å²) < 4.78 is 10.2. The standard InChI is InChI=1S/C10H15NO4/c1-3-7-6-8(12)10(2,14-7)15-9(13)4-5-11/h6H,3-5,11H2,1-2H3. The van der Waals surface area contributed by atoms with Gasteiger partial charge in [-0.1, -0.05) is 6.92 Å². The largest absolute Gasteiger partial charge is 0.450 e. The fourth-order valence-electron chi connectivity index (χ4n) is 1.24. The van der Waals surface area contributed by atoms with Crippen molar-refractivity contribution in [3.8, 4) is 0 Å². The van der Waals surface area contributed by atoms with E-state index in [-0.39, 0.29) is 18.7 Å². The minimum absolute atomic E-state index is 0.0771. The van der Waals surface area contributed by atoms with Crippen molar-refractivity contribution < 1.29 is 19.1 Å². The van der Waals surface area contributed by atoms with E-state index < -0.39 is 11.8 Å². The summed E-state index contributed by atoms with van der Waals surface area (Å²) in [4.78, 5) is 22.7. The van der Waals surface area contributed by atoms with E-state index in [9.17, 15) is 9.59 Å². The minimum Gasteiger partial charge on any atom is -0.450 e. The number of rotatable bonds is 4. The minimum atomic E-state index is -1.49. The molecule has 0 fully saturated rings. The van der Waals surface area contributed by atoms with Gasteiger partial charge in [-0.05, 0) is 0 Å². The van der Waals surface area contributed by atoms with E-state index in [1.165, 1.54) is 13.0 Å². The molecular formula is C10H15NO4. The van der Waals surface area contributed by atoms with E-state index in [1.807, 2.05) is 6.92 Å². The van der Waals surface area contributed by atoms with Gasteiger partial charge >= 0.3 is 11.8 Å². The zero-order valence-electron chi connectivity index (χ0n) is 8.91. The van der Waals surface area contributed by atoms with Crippen molar-refractivity contribution in [1.29, 1.82) is 0 Å². The average molecular weight is 213 g/mol. The van der Waals surface area contributed by atoms with Gasteiger partial charge in [0.25, 0.3) is 0 Å². The van der Waals surface area contributed by atoms with Crippen LogP contribution in [-0.2, 0) is 19.1 Å². The third-order valence-corrected chi connectivity index (χ3v) is 2.07. The Hall–Kier alpha value is -1.36. The van der Waals surface area contributed by atoms with Crippen molar-refractivity contribution >= 4 is 11.8 Å². The first-order chi connectivity index (χ1) is 7.01. The van der Waals surface area contributed by atoms with Crippen LogP contribution in [0.4, 0.5) is 0 Å². The highest BCUT2D eigenvalue weighted by molar-refractivity contribution is 5.99. The highest BCUT2D eigenvalue weighted by Gasteiger charge is 2.43. The van der Waals surface area contributed by atoms with Crippen LogP contribution in [0.3, 0.4) is 0 Å². The Bertz CT molecular complexity index is 311. The highest BCUT2D eigenvalue weighted by Crippen LogP contribution is 2.28. The number of nitrogens with two attached hydrogens (primary N) is 1. The molecule has 1 unspecified atom stereocenters. The van der Waals surface area contributed by atoms with Gasteiger partial charge in [-0.3, -0.25) is 9.59 Å². The summed E-state index contributed by atoms with van der Waals surface area (Å²) in [7, 11) is 0. The molecule has 1 rings (SSSR count). The third-order valence-electron chi connectivity index (χ3n) is 2.07. The first-order valence-corrected chi connectivity index (χ1v) is 4.87. The third kappa shape index (κ3) is 2.56. The van der Waals surface area contributed by atoms with Crippen LogP contribution in [0.15, 0.2) is 11.8 Å². The number of esters is 1. The topological polar surface area (TPSA) is 78.6 Å². The Morgan fingerprint density at radius 1 is 1.67 bits per heavy atom. The number of hydrogen-bond acceptors (Lipinski definition) is 5. The maximum Gasteiger partial charge on any atom is 0.314 e. The van der Waals surface area contributed by atoms with Crippen molar-refractivity contribution in [3.63, 3.8) is 0 Å². The molecule has 5 heteroatoms. The molecule has 0 saturated heterocycles. The summed E-state index contributed by atoms with van der Waals surface area (Å²) in [5.41, 5.74) is 5.20. The molecular weight excluding hydrogens is 198 g/mol. The van der Waals surface area contributed by atoms with E-state index >= 15 is 0 Å². The summed E-state index contributed by atoms with van der Waals surface area (Å²) in [6.45, 7) is 3.48. The number of ether oxygens (including phenoxy) is 2. The van der Waals surface area contributed by atoms with Gasteiger partial charge in [0.1, 0.15) is 5.76 Å². The molecule has 1 aliphatic heterocycles. The average Bonchev–Trinajstić information content (AvgIpc) is 2.42. The number of carbonyl (C=O) groups is 2. The van der Waals surface area contributed by atoms with Crippen molar-refractivity contribution in [2.45, 2.75) is 32.5 Å². The normalized spacial score (nSPS) is 24.7. The lowest BCUT2D eigenvalue weighted by Crippen LogP contribution is -2.38. The Balaban J connectivity index is 2.63. The molecule has 84 valence electrons. The lowest BCUT2D eigenvalue weighted by Gasteiger charge is -2.23. The van der Waals surface area contributed by atoms with Crippen molar-refractivity contribution in [1.82, 2.24) is 0 Å². The molecule has 1 heterocycles. The quantitative estimate of drug-likeness (QED) is 0.687. The Morgan fingerprint density at radius 2 is 2.33 bits per heavy atom. The van der Waals surface area contributed by atoms with Crippen LogP contribution in [0.1, 0.15) is 26.7 Å². The van der Waals surface area contributed by atoms with E-state index in [1.54, 1.807) is 0 Å². The number of ketones is 1. The fraction of sp³-hybridized carbons (Fsp3) is 0.600. The Labute approximate surface area is 88.2 Å². The zero-order valence-corrected chi connectivity index (χ0v) is 8.91. The maximum absolute atomic E-state index is 11.5.